The summed E-state index contributed by atoms with van der Waals surface area (Å²) in [5, 5.41) is 11.9. The van der Waals surface area contributed by atoms with E-state index in [-0.39, 0.29) is 33.8 Å². The van der Waals surface area contributed by atoms with Crippen molar-refractivity contribution >= 4 is 34.6 Å². The Bertz CT molecular complexity index is 731. The van der Waals surface area contributed by atoms with Crippen molar-refractivity contribution in [3.63, 3.8) is 0 Å². The lowest BCUT2D eigenvalue weighted by Gasteiger charge is -2.06. The Morgan fingerprint density at radius 1 is 1.50 bits per heavy atom. The maximum absolute atomic E-state index is 11.9. The number of halogens is 1. The van der Waals surface area contributed by atoms with Gasteiger partial charge >= 0.3 is 11.7 Å². The largest absolute Gasteiger partial charge is 0.462 e. The molecule has 0 amide bonds. The lowest BCUT2D eigenvalue weighted by atomic mass is 10.3. The SMILES string of the molecule is CCOC(=O)c1sc(C)nc1Oc1cc(Cl)ccc1[N+](=O)[O-]. The van der Waals surface area contributed by atoms with E-state index in [1.54, 1.807) is 13.8 Å². The highest BCUT2D eigenvalue weighted by Crippen LogP contribution is 2.36. The molecule has 0 fully saturated rings. The fraction of sp³-hybridized carbons (Fsp3) is 0.231. The van der Waals surface area contributed by atoms with Gasteiger partial charge in [-0.3, -0.25) is 10.1 Å². The van der Waals surface area contributed by atoms with E-state index in [9.17, 15) is 14.9 Å². The molecule has 9 heteroatoms. The van der Waals surface area contributed by atoms with E-state index >= 15 is 0 Å². The monoisotopic (exact) mass is 342 g/mol. The van der Waals surface area contributed by atoms with Gasteiger partial charge < -0.3 is 9.47 Å². The summed E-state index contributed by atoms with van der Waals surface area (Å²) in [7, 11) is 0. The van der Waals surface area contributed by atoms with Gasteiger partial charge in [0.05, 0.1) is 16.5 Å². The number of hydrogen-bond acceptors (Lipinski definition) is 7. The Morgan fingerprint density at radius 2 is 2.23 bits per heavy atom. The third-order valence-corrected chi connectivity index (χ3v) is 3.66. The highest BCUT2D eigenvalue weighted by molar-refractivity contribution is 7.13. The summed E-state index contributed by atoms with van der Waals surface area (Å²) in [4.78, 5) is 26.5. The lowest BCUT2D eigenvalue weighted by molar-refractivity contribution is -0.385. The molecule has 0 unspecified atom stereocenters. The van der Waals surface area contributed by atoms with Crippen LogP contribution in [-0.2, 0) is 4.74 Å². The van der Waals surface area contributed by atoms with Crippen LogP contribution < -0.4 is 4.74 Å². The normalized spacial score (nSPS) is 10.3. The van der Waals surface area contributed by atoms with Crippen LogP contribution >= 0.6 is 22.9 Å². The highest BCUT2D eigenvalue weighted by Gasteiger charge is 2.23. The van der Waals surface area contributed by atoms with Crippen molar-refractivity contribution in [2.45, 2.75) is 13.8 Å². The van der Waals surface area contributed by atoms with Gasteiger partial charge in [0.2, 0.25) is 11.6 Å². The van der Waals surface area contributed by atoms with Crippen molar-refractivity contribution in [3.05, 3.63) is 43.2 Å². The minimum atomic E-state index is -0.602. The molecule has 1 aromatic carbocycles. The van der Waals surface area contributed by atoms with Gasteiger partial charge in [-0.15, -0.1) is 11.3 Å². The molecule has 0 saturated carbocycles. The summed E-state index contributed by atoms with van der Waals surface area (Å²) in [6, 6.07) is 3.90. The van der Waals surface area contributed by atoms with E-state index in [0.717, 1.165) is 11.3 Å². The number of aromatic nitrogens is 1. The first-order valence-electron chi connectivity index (χ1n) is 6.18. The molecule has 0 atom stereocenters. The molecule has 0 spiro atoms. The Morgan fingerprint density at radius 3 is 2.86 bits per heavy atom. The molecule has 0 saturated heterocycles. The Labute approximate surface area is 134 Å². The van der Waals surface area contributed by atoms with E-state index < -0.39 is 10.9 Å². The number of hydrogen-bond donors (Lipinski definition) is 0. The molecule has 1 heterocycles. The van der Waals surface area contributed by atoms with Crippen LogP contribution in [0.4, 0.5) is 5.69 Å². The molecule has 0 N–H and O–H groups in total. The maximum Gasteiger partial charge on any atom is 0.354 e. The van der Waals surface area contributed by atoms with Crippen LogP contribution in [0.2, 0.25) is 5.02 Å². The van der Waals surface area contributed by atoms with Gasteiger partial charge in [-0.25, -0.2) is 9.78 Å². The van der Waals surface area contributed by atoms with Crippen molar-refractivity contribution in [1.29, 1.82) is 0 Å². The van der Waals surface area contributed by atoms with Gasteiger partial charge in [-0.05, 0) is 19.9 Å². The third kappa shape index (κ3) is 3.52. The second kappa shape index (κ2) is 6.71. The number of aryl methyl sites for hydroxylation is 1. The van der Waals surface area contributed by atoms with Gasteiger partial charge in [0.1, 0.15) is 0 Å². The van der Waals surface area contributed by atoms with Crippen LogP contribution in [0.1, 0.15) is 21.6 Å². The Balaban J connectivity index is 2.41. The smallest absolute Gasteiger partial charge is 0.354 e. The molecule has 0 radical (unpaired) electrons. The lowest BCUT2D eigenvalue weighted by Crippen LogP contribution is -2.04. The fourth-order valence-corrected chi connectivity index (χ4v) is 2.53. The molecule has 0 aliphatic rings. The van der Waals surface area contributed by atoms with E-state index in [1.165, 1.54) is 18.2 Å². The first kappa shape index (κ1) is 16.2. The van der Waals surface area contributed by atoms with E-state index in [1.807, 2.05) is 0 Å². The second-order valence-electron chi connectivity index (χ2n) is 4.06. The first-order chi connectivity index (χ1) is 10.4. The Kier molecular flexibility index (Phi) is 4.94. The molecule has 2 aromatic rings. The molecule has 7 nitrogen and oxygen atoms in total. The summed E-state index contributed by atoms with van der Waals surface area (Å²) in [5.74, 6) is -0.715. The molecule has 0 aliphatic carbocycles. The summed E-state index contributed by atoms with van der Waals surface area (Å²) in [6.45, 7) is 3.56. The molecule has 116 valence electrons. The number of carbonyl (C=O) groups excluding carboxylic acids is 1. The Hall–Kier alpha value is -2.19. The first-order valence-corrected chi connectivity index (χ1v) is 7.38. The molecular formula is C13H11ClN2O5S. The van der Waals surface area contributed by atoms with Gasteiger partial charge in [0.25, 0.3) is 0 Å². The zero-order valence-corrected chi connectivity index (χ0v) is 13.2. The molecule has 22 heavy (non-hydrogen) atoms. The minimum absolute atomic E-state index is 0.0358. The van der Waals surface area contributed by atoms with Crippen LogP contribution in [0.5, 0.6) is 11.6 Å². The van der Waals surface area contributed by atoms with Crippen LogP contribution in [0.15, 0.2) is 18.2 Å². The van der Waals surface area contributed by atoms with Crippen molar-refractivity contribution in [2.75, 3.05) is 6.61 Å². The number of esters is 1. The predicted molar refractivity (Wildman–Crippen MR) is 81.0 cm³/mol. The number of nitro groups is 1. The number of carbonyl (C=O) groups is 1. The van der Waals surface area contributed by atoms with E-state index in [0.29, 0.717) is 5.01 Å². The zero-order chi connectivity index (χ0) is 16.3. The second-order valence-corrected chi connectivity index (χ2v) is 5.70. The summed E-state index contributed by atoms with van der Waals surface area (Å²) >= 11 is 6.92. The van der Waals surface area contributed by atoms with Gasteiger partial charge in [-0.2, -0.15) is 0 Å². The number of nitrogens with zero attached hydrogens (tertiary/aromatic N) is 2. The zero-order valence-electron chi connectivity index (χ0n) is 11.7. The average molecular weight is 343 g/mol. The number of benzene rings is 1. The molecule has 2 rings (SSSR count). The number of thiazole rings is 1. The third-order valence-electron chi connectivity index (χ3n) is 2.49. The average Bonchev–Trinajstić information content (AvgIpc) is 2.79. The van der Waals surface area contributed by atoms with Gasteiger partial charge in [0, 0.05) is 17.2 Å². The summed E-state index contributed by atoms with van der Waals surface area (Å²) in [6.07, 6.45) is 0. The van der Waals surface area contributed by atoms with Crippen LogP contribution in [0.25, 0.3) is 0 Å². The topological polar surface area (TPSA) is 91.6 Å². The number of ether oxygens (including phenoxy) is 2. The maximum atomic E-state index is 11.9. The quantitative estimate of drug-likeness (QED) is 0.463. The highest BCUT2D eigenvalue weighted by atomic mass is 35.5. The molecule has 0 bridgehead atoms. The molecule has 1 aromatic heterocycles. The van der Waals surface area contributed by atoms with Crippen molar-refractivity contribution in [1.82, 2.24) is 4.98 Å². The standard InChI is InChI=1S/C13H11ClN2O5S/c1-3-20-13(17)11-12(15-7(2)22-11)21-10-6-8(14)4-5-9(10)16(18)19/h4-6H,3H2,1-2H3. The number of nitro benzene ring substituents is 1. The van der Waals surface area contributed by atoms with Crippen molar-refractivity contribution in [3.8, 4) is 11.6 Å². The molecule has 0 aliphatic heterocycles. The van der Waals surface area contributed by atoms with Crippen molar-refractivity contribution in [2.24, 2.45) is 0 Å². The van der Waals surface area contributed by atoms with Crippen LogP contribution in [0.3, 0.4) is 0 Å². The van der Waals surface area contributed by atoms with Gasteiger partial charge in [0.15, 0.2) is 4.88 Å². The summed E-state index contributed by atoms with van der Waals surface area (Å²) < 4.78 is 10.4. The number of rotatable bonds is 5. The predicted octanol–water partition coefficient (Wildman–Crippen LogP) is 3.98. The van der Waals surface area contributed by atoms with Gasteiger partial charge in [-0.1, -0.05) is 11.6 Å². The van der Waals surface area contributed by atoms with E-state index in [4.69, 9.17) is 21.1 Å². The van der Waals surface area contributed by atoms with Crippen LogP contribution in [-0.4, -0.2) is 22.5 Å². The summed E-state index contributed by atoms with van der Waals surface area (Å²) in [5.41, 5.74) is -0.273. The minimum Gasteiger partial charge on any atom is -0.462 e. The van der Waals surface area contributed by atoms with E-state index in [2.05, 4.69) is 4.98 Å². The fourth-order valence-electron chi connectivity index (χ4n) is 1.63. The molecular weight excluding hydrogens is 332 g/mol. The van der Waals surface area contributed by atoms with Crippen LogP contribution in [0, 0.1) is 17.0 Å². The van der Waals surface area contributed by atoms with Crippen molar-refractivity contribution < 1.29 is 19.2 Å².